The first-order valence-electron chi connectivity index (χ1n) is 7.21. The normalized spacial score (nSPS) is 12.0. The highest BCUT2D eigenvalue weighted by Gasteiger charge is 2.01. The van der Waals surface area contributed by atoms with Gasteiger partial charge in [-0.25, -0.2) is 0 Å². The van der Waals surface area contributed by atoms with Gasteiger partial charge in [-0.2, -0.15) is 0 Å². The van der Waals surface area contributed by atoms with E-state index in [0.29, 0.717) is 0 Å². The van der Waals surface area contributed by atoms with E-state index in [2.05, 4.69) is 49.9 Å². The standard InChI is InChI=1S/C14H33N3/c1-6-17(7-2)13-10-15-9-12-16(5)11-8-14(3)4/h14-15H,6-13H2,1-5H3. The average molecular weight is 243 g/mol. The lowest BCUT2D eigenvalue weighted by molar-refractivity contribution is 0.287. The van der Waals surface area contributed by atoms with Crippen molar-refractivity contribution < 1.29 is 0 Å². The van der Waals surface area contributed by atoms with E-state index in [-0.39, 0.29) is 0 Å². The second-order valence-corrected chi connectivity index (χ2v) is 5.26. The van der Waals surface area contributed by atoms with Crippen molar-refractivity contribution in [2.45, 2.75) is 34.1 Å². The lowest BCUT2D eigenvalue weighted by Crippen LogP contribution is -2.35. The molecule has 3 nitrogen and oxygen atoms in total. The van der Waals surface area contributed by atoms with Gasteiger partial charge < -0.3 is 15.1 Å². The van der Waals surface area contributed by atoms with Crippen LogP contribution in [0.1, 0.15) is 34.1 Å². The molecule has 0 atom stereocenters. The molecule has 0 aromatic heterocycles. The first kappa shape index (κ1) is 16.9. The molecule has 0 aliphatic heterocycles. The van der Waals surface area contributed by atoms with Crippen LogP contribution in [0.2, 0.25) is 0 Å². The van der Waals surface area contributed by atoms with Crippen LogP contribution in [0.3, 0.4) is 0 Å². The third-order valence-electron chi connectivity index (χ3n) is 3.26. The van der Waals surface area contributed by atoms with E-state index in [1.165, 1.54) is 19.5 Å². The fourth-order valence-corrected chi connectivity index (χ4v) is 1.76. The number of nitrogens with one attached hydrogen (secondary N) is 1. The highest BCUT2D eigenvalue weighted by molar-refractivity contribution is 4.59. The fourth-order valence-electron chi connectivity index (χ4n) is 1.76. The van der Waals surface area contributed by atoms with E-state index in [4.69, 9.17) is 0 Å². The molecule has 0 saturated carbocycles. The average Bonchev–Trinajstić information content (AvgIpc) is 2.31. The molecule has 0 unspecified atom stereocenters. The Bertz CT molecular complexity index is 156. The van der Waals surface area contributed by atoms with Crippen molar-refractivity contribution in [2.75, 3.05) is 52.9 Å². The van der Waals surface area contributed by atoms with E-state index >= 15 is 0 Å². The molecule has 0 aliphatic carbocycles. The molecule has 0 aromatic carbocycles. The minimum atomic E-state index is 0.813. The quantitative estimate of drug-likeness (QED) is 0.559. The summed E-state index contributed by atoms with van der Waals surface area (Å²) < 4.78 is 0. The van der Waals surface area contributed by atoms with Gasteiger partial charge in [0.2, 0.25) is 0 Å². The van der Waals surface area contributed by atoms with Crippen LogP contribution < -0.4 is 5.32 Å². The lowest BCUT2D eigenvalue weighted by Gasteiger charge is -2.20. The molecule has 0 radical (unpaired) electrons. The van der Waals surface area contributed by atoms with E-state index in [9.17, 15) is 0 Å². The Morgan fingerprint density at radius 2 is 1.53 bits per heavy atom. The van der Waals surface area contributed by atoms with E-state index in [0.717, 1.165) is 38.6 Å². The molecule has 0 amide bonds. The van der Waals surface area contributed by atoms with Gasteiger partial charge in [-0.05, 0) is 39.0 Å². The summed E-state index contributed by atoms with van der Waals surface area (Å²) in [4.78, 5) is 4.87. The van der Waals surface area contributed by atoms with Gasteiger partial charge in [0, 0.05) is 26.2 Å². The Hall–Kier alpha value is -0.120. The van der Waals surface area contributed by atoms with Crippen molar-refractivity contribution in [1.82, 2.24) is 15.1 Å². The Morgan fingerprint density at radius 1 is 0.941 bits per heavy atom. The molecule has 0 saturated heterocycles. The molecular formula is C14H33N3. The predicted octanol–water partition coefficient (Wildman–Crippen LogP) is 1.90. The predicted molar refractivity (Wildman–Crippen MR) is 77.6 cm³/mol. The van der Waals surface area contributed by atoms with Crippen molar-refractivity contribution in [2.24, 2.45) is 5.92 Å². The van der Waals surface area contributed by atoms with Crippen LogP contribution in [-0.4, -0.2) is 62.7 Å². The molecule has 3 heteroatoms. The van der Waals surface area contributed by atoms with E-state index < -0.39 is 0 Å². The maximum absolute atomic E-state index is 3.52. The van der Waals surface area contributed by atoms with Crippen molar-refractivity contribution in [1.29, 1.82) is 0 Å². The lowest BCUT2D eigenvalue weighted by atomic mass is 10.1. The molecular weight excluding hydrogens is 210 g/mol. The Kier molecular flexibility index (Phi) is 10.9. The molecule has 0 aromatic rings. The zero-order chi connectivity index (χ0) is 13.1. The van der Waals surface area contributed by atoms with Crippen LogP contribution in [0.15, 0.2) is 0 Å². The number of nitrogens with zero attached hydrogens (tertiary/aromatic N) is 2. The number of hydrogen-bond donors (Lipinski definition) is 1. The second-order valence-electron chi connectivity index (χ2n) is 5.26. The Balaban J connectivity index is 3.32. The second kappa shape index (κ2) is 11.0. The van der Waals surface area contributed by atoms with Crippen molar-refractivity contribution >= 4 is 0 Å². The van der Waals surface area contributed by atoms with Gasteiger partial charge >= 0.3 is 0 Å². The van der Waals surface area contributed by atoms with Crippen molar-refractivity contribution in [3.8, 4) is 0 Å². The fraction of sp³-hybridized carbons (Fsp3) is 1.00. The minimum Gasteiger partial charge on any atom is -0.314 e. The number of likely N-dealkylation sites (N-methyl/N-ethyl adjacent to an activating group) is 2. The Morgan fingerprint density at radius 3 is 2.06 bits per heavy atom. The first-order valence-corrected chi connectivity index (χ1v) is 7.21. The van der Waals surface area contributed by atoms with E-state index in [1.807, 2.05) is 0 Å². The molecule has 104 valence electrons. The third kappa shape index (κ3) is 10.7. The summed E-state index contributed by atoms with van der Waals surface area (Å²) in [5.41, 5.74) is 0. The molecule has 0 heterocycles. The molecule has 17 heavy (non-hydrogen) atoms. The third-order valence-corrected chi connectivity index (χ3v) is 3.26. The molecule has 0 aliphatic rings. The number of rotatable bonds is 11. The summed E-state index contributed by atoms with van der Waals surface area (Å²) in [5.74, 6) is 0.813. The largest absolute Gasteiger partial charge is 0.314 e. The van der Waals surface area contributed by atoms with Crippen molar-refractivity contribution in [3.05, 3.63) is 0 Å². The molecule has 0 spiro atoms. The first-order chi connectivity index (χ1) is 8.10. The highest BCUT2D eigenvalue weighted by atomic mass is 15.1. The topological polar surface area (TPSA) is 18.5 Å². The maximum atomic E-state index is 3.52. The van der Waals surface area contributed by atoms with Crippen LogP contribution in [0.25, 0.3) is 0 Å². The van der Waals surface area contributed by atoms with Crippen molar-refractivity contribution in [3.63, 3.8) is 0 Å². The van der Waals surface area contributed by atoms with E-state index in [1.54, 1.807) is 0 Å². The minimum absolute atomic E-state index is 0.813. The van der Waals surface area contributed by atoms with Crippen LogP contribution in [-0.2, 0) is 0 Å². The van der Waals surface area contributed by atoms with Crippen LogP contribution >= 0.6 is 0 Å². The molecule has 0 bridgehead atoms. The summed E-state index contributed by atoms with van der Waals surface area (Å²) in [6.07, 6.45) is 1.30. The van der Waals surface area contributed by atoms with Crippen LogP contribution in [0, 0.1) is 5.92 Å². The molecule has 1 N–H and O–H groups in total. The smallest absolute Gasteiger partial charge is 0.0107 e. The molecule has 0 fully saturated rings. The summed E-state index contributed by atoms with van der Waals surface area (Å²) in [6.45, 7) is 17.1. The van der Waals surface area contributed by atoms with Gasteiger partial charge in [0.25, 0.3) is 0 Å². The van der Waals surface area contributed by atoms with Gasteiger partial charge in [0.1, 0.15) is 0 Å². The van der Waals surface area contributed by atoms with Crippen LogP contribution in [0.4, 0.5) is 0 Å². The SMILES string of the molecule is CCN(CC)CCNCCN(C)CCC(C)C. The Labute approximate surface area is 109 Å². The monoisotopic (exact) mass is 243 g/mol. The van der Waals surface area contributed by atoms with Crippen LogP contribution in [0.5, 0.6) is 0 Å². The zero-order valence-corrected chi connectivity index (χ0v) is 12.6. The molecule has 0 rings (SSSR count). The summed E-state index contributed by atoms with van der Waals surface area (Å²) in [5, 5.41) is 3.52. The summed E-state index contributed by atoms with van der Waals surface area (Å²) in [6, 6.07) is 0. The van der Waals surface area contributed by atoms with Gasteiger partial charge in [-0.3, -0.25) is 0 Å². The number of hydrogen-bond acceptors (Lipinski definition) is 3. The van der Waals surface area contributed by atoms with Gasteiger partial charge in [0.15, 0.2) is 0 Å². The van der Waals surface area contributed by atoms with Gasteiger partial charge in [0.05, 0.1) is 0 Å². The zero-order valence-electron chi connectivity index (χ0n) is 12.6. The summed E-state index contributed by atoms with van der Waals surface area (Å²) in [7, 11) is 2.22. The van der Waals surface area contributed by atoms with Gasteiger partial charge in [-0.1, -0.05) is 27.7 Å². The summed E-state index contributed by atoms with van der Waals surface area (Å²) >= 11 is 0. The van der Waals surface area contributed by atoms with Gasteiger partial charge in [-0.15, -0.1) is 0 Å². The maximum Gasteiger partial charge on any atom is 0.0107 e. The highest BCUT2D eigenvalue weighted by Crippen LogP contribution is 1.99.